The Morgan fingerprint density at radius 3 is 2.60 bits per heavy atom. The Morgan fingerprint density at radius 2 is 1.98 bits per heavy atom. The minimum Gasteiger partial charge on any atom is -0.461 e. The van der Waals surface area contributed by atoms with Crippen molar-refractivity contribution >= 4 is 29.4 Å². The first-order valence-corrected chi connectivity index (χ1v) is 18.0. The third-order valence-corrected chi connectivity index (χ3v) is 13.1. The van der Waals surface area contributed by atoms with Crippen LogP contribution in [0.4, 0.5) is 0 Å². The van der Waals surface area contributed by atoms with Crippen LogP contribution in [-0.2, 0) is 27.3 Å². The highest BCUT2D eigenvalue weighted by molar-refractivity contribution is 8.01. The quantitative estimate of drug-likeness (QED) is 0.217. The Morgan fingerprint density at radius 1 is 1.29 bits per heavy atom. The molecule has 1 aromatic heterocycles. The van der Waals surface area contributed by atoms with Crippen LogP contribution in [0.5, 0.6) is 0 Å². The molecule has 252 valence electrons. The van der Waals surface area contributed by atoms with E-state index in [0.717, 1.165) is 31.4 Å². The summed E-state index contributed by atoms with van der Waals surface area (Å²) >= 11 is 1.45. The first-order valence-electron chi connectivity index (χ1n) is 17.0. The molecular weight excluding hydrogens is 586 g/mol. The van der Waals surface area contributed by atoms with Gasteiger partial charge >= 0.3 is 5.97 Å². The molecule has 8 atom stereocenters. The monoisotopic (exact) mass is 643 g/mol. The number of Topliss-reactive ketones (excluding diaryl/α,β-unsaturated/α-hetero) is 1. The van der Waals surface area contributed by atoms with Gasteiger partial charge in [0.25, 0.3) is 5.91 Å². The lowest BCUT2D eigenvalue weighted by Gasteiger charge is -2.61. The van der Waals surface area contributed by atoms with Crippen LogP contribution in [0.3, 0.4) is 0 Å². The Kier molecular flexibility index (Phi) is 10.5. The van der Waals surface area contributed by atoms with Crippen LogP contribution in [0.2, 0.25) is 0 Å². The smallest absolute Gasteiger partial charge is 0.316 e. The van der Waals surface area contributed by atoms with Crippen molar-refractivity contribution in [3.8, 4) is 0 Å². The van der Waals surface area contributed by atoms with E-state index in [9.17, 15) is 19.5 Å². The maximum absolute atomic E-state index is 13.6. The predicted molar refractivity (Wildman–Crippen MR) is 180 cm³/mol. The van der Waals surface area contributed by atoms with Gasteiger partial charge in [-0.15, -0.1) is 18.3 Å². The Bertz CT molecular complexity index is 1290. The summed E-state index contributed by atoms with van der Waals surface area (Å²) in [4.78, 5) is 40.4. The van der Waals surface area contributed by atoms with Crippen LogP contribution in [0.15, 0.2) is 18.7 Å². The van der Waals surface area contributed by atoms with Gasteiger partial charge in [-0.05, 0) is 82.1 Å². The zero-order chi connectivity index (χ0) is 33.5. The predicted octanol–water partition coefficient (Wildman–Crippen LogP) is 6.25. The largest absolute Gasteiger partial charge is 0.461 e. The SMILES string of the molecule is C=C[C@]1(C)C[C@@H](OC(=O)CSC(C)(C)CNC(=O)c2cc(CC(C)C)nn2CC)[C@]2(C)[C@H](C)CC[C@]3(CCC(=O)[C@@H]32)[C@@H](C)[C@@H]1O. The molecule has 1 heterocycles. The van der Waals surface area contributed by atoms with E-state index in [1.165, 1.54) is 11.8 Å². The lowest BCUT2D eigenvalue weighted by Crippen LogP contribution is -2.63. The number of hydrogen-bond donors (Lipinski definition) is 2. The first-order chi connectivity index (χ1) is 20.9. The molecule has 2 N–H and O–H groups in total. The van der Waals surface area contributed by atoms with E-state index < -0.39 is 27.8 Å². The fraction of sp³-hybridized carbons (Fsp3) is 0.778. The summed E-state index contributed by atoms with van der Waals surface area (Å²) in [7, 11) is 0. The maximum atomic E-state index is 13.6. The van der Waals surface area contributed by atoms with Crippen LogP contribution in [0.1, 0.15) is 111 Å². The van der Waals surface area contributed by atoms with Crippen molar-refractivity contribution < 1.29 is 24.2 Å². The number of aryl methyl sites for hydroxylation is 1. The minimum atomic E-state index is -0.690. The molecule has 9 heteroatoms. The molecular formula is C36H57N3O5S. The maximum Gasteiger partial charge on any atom is 0.316 e. The van der Waals surface area contributed by atoms with E-state index in [4.69, 9.17) is 4.74 Å². The number of nitrogens with zero attached hydrogens (tertiary/aromatic N) is 2. The Balaban J connectivity index is 1.47. The lowest BCUT2D eigenvalue weighted by atomic mass is 9.44. The second-order valence-electron chi connectivity index (χ2n) is 15.7. The molecule has 3 fully saturated rings. The van der Waals surface area contributed by atoms with Crippen molar-refractivity contribution in [2.45, 2.75) is 124 Å². The number of aromatic nitrogens is 2. The van der Waals surface area contributed by atoms with Gasteiger partial charge in [0.05, 0.1) is 17.6 Å². The third-order valence-electron chi connectivity index (χ3n) is 11.8. The molecule has 1 amide bonds. The molecule has 0 aliphatic heterocycles. The molecule has 0 radical (unpaired) electrons. The Hall–Kier alpha value is -2.13. The molecule has 3 aliphatic carbocycles. The average molecular weight is 644 g/mol. The van der Waals surface area contributed by atoms with Gasteiger partial charge in [-0.1, -0.05) is 47.6 Å². The van der Waals surface area contributed by atoms with Gasteiger partial charge < -0.3 is 15.2 Å². The molecule has 3 aliphatic rings. The van der Waals surface area contributed by atoms with Crippen LogP contribution in [0.25, 0.3) is 0 Å². The zero-order valence-corrected chi connectivity index (χ0v) is 29.9. The van der Waals surface area contributed by atoms with Crippen molar-refractivity contribution in [3.05, 3.63) is 30.1 Å². The number of esters is 1. The molecule has 4 rings (SSSR count). The van der Waals surface area contributed by atoms with Crippen LogP contribution < -0.4 is 5.32 Å². The standard InChI is InChI=1S/C36H57N3O5S/c1-11-34(9)19-28(35(10)23(5)13-15-36(24(6)31(34)42)16-14-27(40)30(35)36)44-29(41)20-45-33(7,8)21-37-32(43)26-18-25(17-22(3)4)38-39(26)12-2/h11,18,22-24,28,30-31,42H,1,12-17,19-21H2,2-10H3,(H,37,43)/t23-,24+,28-,30-,31+,34-,35+,36+/m1/s1. The van der Waals surface area contributed by atoms with Gasteiger partial charge in [0.2, 0.25) is 0 Å². The number of aliphatic hydroxyl groups excluding tert-OH is 1. The van der Waals surface area contributed by atoms with E-state index in [1.54, 1.807) is 4.68 Å². The number of ether oxygens (including phenoxy) is 1. The summed E-state index contributed by atoms with van der Waals surface area (Å²) in [5, 5.41) is 19.4. The summed E-state index contributed by atoms with van der Waals surface area (Å²) in [6, 6.07) is 1.87. The minimum absolute atomic E-state index is 0.0650. The summed E-state index contributed by atoms with van der Waals surface area (Å²) in [6.07, 6.45) is 4.97. The number of thioether (sulfide) groups is 1. The van der Waals surface area contributed by atoms with E-state index in [-0.39, 0.29) is 46.6 Å². The van der Waals surface area contributed by atoms with Gasteiger partial charge in [-0.3, -0.25) is 19.1 Å². The molecule has 0 unspecified atom stereocenters. The van der Waals surface area contributed by atoms with E-state index in [1.807, 2.05) is 39.8 Å². The zero-order valence-electron chi connectivity index (χ0n) is 29.1. The van der Waals surface area contributed by atoms with Gasteiger partial charge in [-0.25, -0.2) is 0 Å². The van der Waals surface area contributed by atoms with Crippen molar-refractivity contribution in [1.29, 1.82) is 0 Å². The number of rotatable bonds is 11. The van der Waals surface area contributed by atoms with E-state index in [2.05, 4.69) is 51.6 Å². The number of aliphatic hydroxyl groups is 1. The first kappa shape index (κ1) is 35.7. The highest BCUT2D eigenvalue weighted by Crippen LogP contribution is 2.68. The summed E-state index contributed by atoms with van der Waals surface area (Å²) in [5.41, 5.74) is -0.0416. The van der Waals surface area contributed by atoms with Crippen molar-refractivity contribution in [3.63, 3.8) is 0 Å². The molecule has 2 bridgehead atoms. The average Bonchev–Trinajstić information content (AvgIpc) is 3.56. The topological polar surface area (TPSA) is 111 Å². The second kappa shape index (κ2) is 13.2. The van der Waals surface area contributed by atoms with Crippen LogP contribution in [0, 0.1) is 39.9 Å². The highest BCUT2D eigenvalue weighted by Gasteiger charge is 2.68. The third kappa shape index (κ3) is 6.67. The normalized spacial score (nSPS) is 35.0. The molecule has 0 saturated heterocycles. The molecule has 0 spiro atoms. The number of ketones is 1. The number of carbonyl (C=O) groups excluding carboxylic acids is 3. The van der Waals surface area contributed by atoms with Crippen molar-refractivity contribution in [1.82, 2.24) is 15.1 Å². The van der Waals surface area contributed by atoms with Crippen molar-refractivity contribution in [2.75, 3.05) is 12.3 Å². The van der Waals surface area contributed by atoms with E-state index in [0.29, 0.717) is 37.5 Å². The van der Waals surface area contributed by atoms with Gasteiger partial charge in [-0.2, -0.15) is 5.10 Å². The number of nitrogens with one attached hydrogen (secondary N) is 1. The van der Waals surface area contributed by atoms with Crippen LogP contribution >= 0.6 is 11.8 Å². The number of amides is 1. The fourth-order valence-corrected chi connectivity index (χ4v) is 9.55. The Labute approximate surface area is 274 Å². The summed E-state index contributed by atoms with van der Waals surface area (Å²) in [6.45, 7) is 23.8. The highest BCUT2D eigenvalue weighted by atomic mass is 32.2. The van der Waals surface area contributed by atoms with Crippen LogP contribution in [-0.4, -0.2) is 61.8 Å². The van der Waals surface area contributed by atoms with E-state index >= 15 is 0 Å². The molecule has 0 aromatic carbocycles. The summed E-state index contributed by atoms with van der Waals surface area (Å²) in [5.74, 6) is 0.169. The van der Waals surface area contributed by atoms with Gasteiger partial charge in [0.15, 0.2) is 0 Å². The van der Waals surface area contributed by atoms with Gasteiger partial charge in [0, 0.05) is 41.0 Å². The molecule has 8 nitrogen and oxygen atoms in total. The number of hydrogen-bond acceptors (Lipinski definition) is 7. The molecule has 3 saturated carbocycles. The summed E-state index contributed by atoms with van der Waals surface area (Å²) < 4.78 is 7.71. The van der Waals surface area contributed by atoms with Crippen molar-refractivity contribution in [2.24, 2.45) is 39.9 Å². The second-order valence-corrected chi connectivity index (χ2v) is 17.4. The molecule has 45 heavy (non-hydrogen) atoms. The fourth-order valence-electron chi connectivity index (χ4n) is 8.80. The number of carbonyl (C=O) groups is 3. The molecule has 1 aromatic rings. The lowest BCUT2D eigenvalue weighted by molar-refractivity contribution is -0.205. The van der Waals surface area contributed by atoms with Gasteiger partial charge in [0.1, 0.15) is 17.6 Å².